The van der Waals surface area contributed by atoms with E-state index in [-0.39, 0.29) is 36.0 Å². The number of carbonyl (C=O) groups excluding carboxylic acids is 2. The number of likely N-dealkylation sites (tertiary alicyclic amines) is 1. The highest BCUT2D eigenvalue weighted by Gasteiger charge is 2.34. The average Bonchev–Trinajstić information content (AvgIpc) is 2.98. The SMILES string of the molecule is Cc1ccc(CN2CC(C(=O)NC(C)c3ccc(F)cc3)CC2=O)cc1. The predicted octanol–water partition coefficient (Wildman–Crippen LogP) is 3.36. The molecule has 0 spiro atoms. The molecule has 1 fully saturated rings. The molecular formula is C21H23FN2O2. The molecule has 0 aromatic heterocycles. The van der Waals surface area contributed by atoms with Crippen LogP contribution in [0.25, 0.3) is 0 Å². The number of rotatable bonds is 5. The average molecular weight is 354 g/mol. The molecule has 0 bridgehead atoms. The maximum absolute atomic E-state index is 13.0. The number of aryl methyl sites for hydroxylation is 1. The van der Waals surface area contributed by atoms with Gasteiger partial charge in [-0.05, 0) is 37.1 Å². The van der Waals surface area contributed by atoms with Gasteiger partial charge in [0.2, 0.25) is 11.8 Å². The number of benzene rings is 2. The molecule has 1 aliphatic rings. The maximum atomic E-state index is 13.0. The van der Waals surface area contributed by atoms with E-state index < -0.39 is 0 Å². The summed E-state index contributed by atoms with van der Waals surface area (Å²) in [6.45, 7) is 4.82. The van der Waals surface area contributed by atoms with E-state index in [4.69, 9.17) is 0 Å². The van der Waals surface area contributed by atoms with Crippen LogP contribution in [0.2, 0.25) is 0 Å². The summed E-state index contributed by atoms with van der Waals surface area (Å²) in [5.74, 6) is -0.794. The van der Waals surface area contributed by atoms with Gasteiger partial charge in [-0.1, -0.05) is 42.0 Å². The molecule has 1 N–H and O–H groups in total. The van der Waals surface area contributed by atoms with Crippen molar-refractivity contribution in [2.24, 2.45) is 5.92 Å². The number of amides is 2. The van der Waals surface area contributed by atoms with Crippen molar-refractivity contribution in [3.8, 4) is 0 Å². The molecule has 136 valence electrons. The van der Waals surface area contributed by atoms with Crippen LogP contribution in [-0.4, -0.2) is 23.3 Å². The highest BCUT2D eigenvalue weighted by atomic mass is 19.1. The molecule has 2 atom stereocenters. The summed E-state index contributed by atoms with van der Waals surface area (Å²) in [5, 5.41) is 2.93. The van der Waals surface area contributed by atoms with Crippen LogP contribution in [0, 0.1) is 18.7 Å². The third-order valence-electron chi connectivity index (χ3n) is 4.81. The van der Waals surface area contributed by atoms with Crippen LogP contribution < -0.4 is 5.32 Å². The molecule has 1 aliphatic heterocycles. The van der Waals surface area contributed by atoms with Crippen LogP contribution >= 0.6 is 0 Å². The van der Waals surface area contributed by atoms with E-state index in [0.29, 0.717) is 13.1 Å². The minimum Gasteiger partial charge on any atom is -0.349 e. The minimum absolute atomic E-state index is 0.000148. The van der Waals surface area contributed by atoms with E-state index >= 15 is 0 Å². The Kier molecular flexibility index (Phi) is 5.35. The fraction of sp³-hybridized carbons (Fsp3) is 0.333. The molecule has 5 heteroatoms. The van der Waals surface area contributed by atoms with Crippen molar-refractivity contribution in [1.29, 1.82) is 0 Å². The summed E-state index contributed by atoms with van der Waals surface area (Å²) in [6, 6.07) is 13.9. The van der Waals surface area contributed by atoms with Crippen molar-refractivity contribution in [2.45, 2.75) is 32.9 Å². The Hall–Kier alpha value is -2.69. The van der Waals surface area contributed by atoms with Gasteiger partial charge in [-0.2, -0.15) is 0 Å². The van der Waals surface area contributed by atoms with E-state index in [9.17, 15) is 14.0 Å². The topological polar surface area (TPSA) is 49.4 Å². The lowest BCUT2D eigenvalue weighted by Gasteiger charge is -2.19. The highest BCUT2D eigenvalue weighted by Crippen LogP contribution is 2.22. The summed E-state index contributed by atoms with van der Waals surface area (Å²) >= 11 is 0. The van der Waals surface area contributed by atoms with Gasteiger partial charge in [0.1, 0.15) is 5.82 Å². The van der Waals surface area contributed by atoms with Gasteiger partial charge in [0.25, 0.3) is 0 Å². The largest absolute Gasteiger partial charge is 0.349 e. The van der Waals surface area contributed by atoms with Crippen molar-refractivity contribution in [2.75, 3.05) is 6.54 Å². The van der Waals surface area contributed by atoms with Crippen LogP contribution in [0.15, 0.2) is 48.5 Å². The zero-order valence-electron chi connectivity index (χ0n) is 15.0. The summed E-state index contributed by atoms with van der Waals surface area (Å²) in [6.07, 6.45) is 0.230. The number of carbonyl (C=O) groups is 2. The van der Waals surface area contributed by atoms with Gasteiger partial charge in [0.05, 0.1) is 12.0 Å². The van der Waals surface area contributed by atoms with E-state index in [0.717, 1.165) is 11.1 Å². The first-order valence-electron chi connectivity index (χ1n) is 8.81. The zero-order chi connectivity index (χ0) is 18.7. The Morgan fingerprint density at radius 1 is 1.19 bits per heavy atom. The smallest absolute Gasteiger partial charge is 0.225 e. The maximum Gasteiger partial charge on any atom is 0.225 e. The number of hydrogen-bond acceptors (Lipinski definition) is 2. The van der Waals surface area contributed by atoms with Gasteiger partial charge >= 0.3 is 0 Å². The normalized spacial score (nSPS) is 18.0. The van der Waals surface area contributed by atoms with Gasteiger partial charge < -0.3 is 10.2 Å². The Bertz CT molecular complexity index is 787. The molecular weight excluding hydrogens is 331 g/mol. The molecule has 2 unspecified atom stereocenters. The van der Waals surface area contributed by atoms with Gasteiger partial charge in [-0.25, -0.2) is 4.39 Å². The minimum atomic E-state index is -0.351. The molecule has 2 aromatic carbocycles. The predicted molar refractivity (Wildman–Crippen MR) is 97.7 cm³/mol. The third kappa shape index (κ3) is 4.28. The first-order chi connectivity index (χ1) is 12.4. The van der Waals surface area contributed by atoms with E-state index in [1.807, 2.05) is 38.1 Å². The summed E-state index contributed by atoms with van der Waals surface area (Å²) in [5.41, 5.74) is 3.07. The van der Waals surface area contributed by atoms with Crippen molar-refractivity contribution in [3.05, 3.63) is 71.0 Å². The number of hydrogen-bond donors (Lipinski definition) is 1. The Morgan fingerprint density at radius 2 is 1.85 bits per heavy atom. The lowest BCUT2D eigenvalue weighted by atomic mass is 10.0. The van der Waals surface area contributed by atoms with Crippen molar-refractivity contribution < 1.29 is 14.0 Å². The molecule has 0 saturated carbocycles. The molecule has 1 heterocycles. The second-order valence-corrected chi connectivity index (χ2v) is 6.94. The second kappa shape index (κ2) is 7.68. The monoisotopic (exact) mass is 354 g/mol. The molecule has 4 nitrogen and oxygen atoms in total. The van der Waals surface area contributed by atoms with E-state index in [1.54, 1.807) is 17.0 Å². The molecule has 1 saturated heterocycles. The molecule has 0 radical (unpaired) electrons. The Labute approximate surface area is 153 Å². The van der Waals surface area contributed by atoms with Crippen LogP contribution in [-0.2, 0) is 16.1 Å². The van der Waals surface area contributed by atoms with Crippen LogP contribution in [0.5, 0.6) is 0 Å². The lowest BCUT2D eigenvalue weighted by Crippen LogP contribution is -2.34. The summed E-state index contributed by atoms with van der Waals surface area (Å²) in [4.78, 5) is 26.5. The lowest BCUT2D eigenvalue weighted by molar-refractivity contribution is -0.129. The van der Waals surface area contributed by atoms with E-state index in [2.05, 4.69) is 5.32 Å². The van der Waals surface area contributed by atoms with Crippen molar-refractivity contribution in [1.82, 2.24) is 10.2 Å². The highest BCUT2D eigenvalue weighted by molar-refractivity contribution is 5.89. The molecule has 2 amide bonds. The van der Waals surface area contributed by atoms with Gasteiger partial charge in [0.15, 0.2) is 0 Å². The quantitative estimate of drug-likeness (QED) is 0.895. The first kappa shape index (κ1) is 18.1. The molecule has 2 aromatic rings. The van der Waals surface area contributed by atoms with Crippen molar-refractivity contribution in [3.63, 3.8) is 0 Å². The molecule has 26 heavy (non-hydrogen) atoms. The standard InChI is InChI=1S/C21H23FN2O2/c1-14-3-5-16(6-4-14)12-24-13-18(11-20(24)25)21(26)23-15(2)17-7-9-19(22)10-8-17/h3-10,15,18H,11-13H2,1-2H3,(H,23,26). The Morgan fingerprint density at radius 3 is 2.50 bits per heavy atom. The zero-order valence-corrected chi connectivity index (χ0v) is 15.0. The molecule has 0 aliphatic carbocycles. The first-order valence-corrected chi connectivity index (χ1v) is 8.81. The van der Waals surface area contributed by atoms with Crippen LogP contribution in [0.3, 0.4) is 0 Å². The van der Waals surface area contributed by atoms with E-state index in [1.165, 1.54) is 17.7 Å². The van der Waals surface area contributed by atoms with Gasteiger partial charge in [-0.15, -0.1) is 0 Å². The third-order valence-corrected chi connectivity index (χ3v) is 4.81. The summed E-state index contributed by atoms with van der Waals surface area (Å²) < 4.78 is 13.0. The Balaban J connectivity index is 1.57. The van der Waals surface area contributed by atoms with Gasteiger partial charge in [-0.3, -0.25) is 9.59 Å². The molecule has 3 rings (SSSR count). The summed E-state index contributed by atoms with van der Waals surface area (Å²) in [7, 11) is 0. The van der Waals surface area contributed by atoms with Crippen molar-refractivity contribution >= 4 is 11.8 Å². The fourth-order valence-corrected chi connectivity index (χ4v) is 3.18. The fourth-order valence-electron chi connectivity index (χ4n) is 3.18. The number of nitrogens with zero attached hydrogens (tertiary/aromatic N) is 1. The van der Waals surface area contributed by atoms with Crippen LogP contribution in [0.4, 0.5) is 4.39 Å². The van der Waals surface area contributed by atoms with Crippen LogP contribution in [0.1, 0.15) is 36.1 Å². The second-order valence-electron chi connectivity index (χ2n) is 6.94. The van der Waals surface area contributed by atoms with Gasteiger partial charge in [0, 0.05) is 19.5 Å². The number of nitrogens with one attached hydrogen (secondary N) is 1. The number of halogens is 1.